The molecule has 2 N–H and O–H groups in total. The van der Waals surface area contributed by atoms with Gasteiger partial charge in [-0.3, -0.25) is 0 Å². The number of nitrogens with one attached hydrogen (secondary N) is 1. The summed E-state index contributed by atoms with van der Waals surface area (Å²) in [7, 11) is 2.17. The SMILES string of the molecule is CC(C)N(C)C1Cc2c[nH]c3ccc(C(O)=S)c(c23)C1. The normalized spacial score (nSPS) is 18.1. The summed E-state index contributed by atoms with van der Waals surface area (Å²) in [5.41, 5.74) is 4.47. The first kappa shape index (κ1) is 13.6. The monoisotopic (exact) mass is 288 g/mol. The number of aliphatic hydroxyl groups excluding tert-OH is 1. The molecule has 0 bridgehead atoms. The van der Waals surface area contributed by atoms with Gasteiger partial charge in [0.2, 0.25) is 0 Å². The molecule has 3 rings (SSSR count). The van der Waals surface area contributed by atoms with Crippen molar-refractivity contribution in [3.05, 3.63) is 35.0 Å². The van der Waals surface area contributed by atoms with Crippen LogP contribution in [0.4, 0.5) is 0 Å². The highest BCUT2D eigenvalue weighted by atomic mass is 32.1. The van der Waals surface area contributed by atoms with Gasteiger partial charge in [-0.25, -0.2) is 0 Å². The van der Waals surface area contributed by atoms with E-state index in [1.807, 2.05) is 12.1 Å². The molecule has 3 nitrogen and oxygen atoms in total. The van der Waals surface area contributed by atoms with Gasteiger partial charge in [-0.05, 0) is 69.2 Å². The van der Waals surface area contributed by atoms with Crippen LogP contribution in [0, 0.1) is 0 Å². The third kappa shape index (κ3) is 2.03. The number of hydrogen-bond acceptors (Lipinski definition) is 2. The zero-order chi connectivity index (χ0) is 14.4. The third-order valence-electron chi connectivity index (χ3n) is 4.55. The predicted octanol–water partition coefficient (Wildman–Crippen LogP) is 3.21. The molecule has 0 saturated carbocycles. The van der Waals surface area contributed by atoms with Crippen molar-refractivity contribution in [2.45, 2.75) is 38.8 Å². The maximum Gasteiger partial charge on any atom is 0.188 e. The summed E-state index contributed by atoms with van der Waals surface area (Å²) in [5, 5.41) is 11.0. The number of aliphatic hydroxyl groups is 1. The van der Waals surface area contributed by atoms with Gasteiger partial charge in [0.1, 0.15) is 0 Å². The Morgan fingerprint density at radius 1 is 1.40 bits per heavy atom. The van der Waals surface area contributed by atoms with Crippen molar-refractivity contribution in [1.82, 2.24) is 9.88 Å². The molecule has 0 radical (unpaired) electrons. The van der Waals surface area contributed by atoms with Crippen LogP contribution in [0.15, 0.2) is 18.3 Å². The first-order valence-corrected chi connectivity index (χ1v) is 7.47. The number of benzene rings is 1. The van der Waals surface area contributed by atoms with Gasteiger partial charge in [0.25, 0.3) is 0 Å². The molecular weight excluding hydrogens is 268 g/mol. The average Bonchev–Trinajstić information content (AvgIpc) is 2.82. The van der Waals surface area contributed by atoms with Crippen LogP contribution in [0.3, 0.4) is 0 Å². The molecule has 4 heteroatoms. The number of H-pyrrole nitrogens is 1. The van der Waals surface area contributed by atoms with Crippen LogP contribution in [0.5, 0.6) is 0 Å². The van der Waals surface area contributed by atoms with Gasteiger partial charge in [0.05, 0.1) is 0 Å². The standard InChI is InChI=1S/C16H20N2OS/c1-9(2)18(3)11-6-10-8-17-14-5-4-12(16(19)20)13(7-11)15(10)14/h4-5,8-9,11,17H,6-7H2,1-3H3,(H,19,20). The largest absolute Gasteiger partial charge is 0.499 e. The van der Waals surface area contributed by atoms with Gasteiger partial charge < -0.3 is 15.0 Å². The Labute approximate surface area is 124 Å². The molecule has 1 aliphatic carbocycles. The Hall–Kier alpha value is -1.39. The number of thiocarbonyl (C=S) groups is 1. The number of aromatic amines is 1. The molecule has 1 aromatic carbocycles. The molecule has 0 fully saturated rings. The zero-order valence-corrected chi connectivity index (χ0v) is 12.9. The summed E-state index contributed by atoms with van der Waals surface area (Å²) in [6.45, 7) is 4.43. The van der Waals surface area contributed by atoms with Crippen molar-refractivity contribution < 1.29 is 5.11 Å². The molecule has 0 saturated heterocycles. The van der Waals surface area contributed by atoms with E-state index in [1.54, 1.807) is 0 Å². The van der Waals surface area contributed by atoms with Gasteiger partial charge >= 0.3 is 0 Å². The van der Waals surface area contributed by atoms with E-state index in [-0.39, 0.29) is 5.05 Å². The van der Waals surface area contributed by atoms with E-state index in [4.69, 9.17) is 12.2 Å². The Balaban J connectivity index is 2.12. The molecule has 0 spiro atoms. The fourth-order valence-electron chi connectivity index (χ4n) is 3.22. The first-order chi connectivity index (χ1) is 9.49. The van der Waals surface area contributed by atoms with Crippen LogP contribution < -0.4 is 0 Å². The highest BCUT2D eigenvalue weighted by Crippen LogP contribution is 2.34. The molecule has 2 aromatic rings. The van der Waals surface area contributed by atoms with E-state index in [2.05, 4.69) is 37.0 Å². The smallest absolute Gasteiger partial charge is 0.188 e. The predicted molar refractivity (Wildman–Crippen MR) is 86.7 cm³/mol. The van der Waals surface area contributed by atoms with E-state index >= 15 is 0 Å². The fraction of sp³-hybridized carbons (Fsp3) is 0.438. The second-order valence-electron chi connectivity index (χ2n) is 5.95. The molecule has 1 unspecified atom stereocenters. The van der Waals surface area contributed by atoms with E-state index in [1.165, 1.54) is 16.5 Å². The van der Waals surface area contributed by atoms with Gasteiger partial charge in [0.15, 0.2) is 5.05 Å². The van der Waals surface area contributed by atoms with Crippen molar-refractivity contribution in [1.29, 1.82) is 0 Å². The Bertz CT molecular complexity index is 674. The topological polar surface area (TPSA) is 39.3 Å². The number of aromatic nitrogens is 1. The Kier molecular flexibility index (Phi) is 3.30. The lowest BCUT2D eigenvalue weighted by atomic mass is 9.85. The summed E-state index contributed by atoms with van der Waals surface area (Å²) < 4.78 is 0. The van der Waals surface area contributed by atoms with Crippen molar-refractivity contribution in [2.24, 2.45) is 0 Å². The summed E-state index contributed by atoms with van der Waals surface area (Å²) in [5.74, 6) is 0. The minimum Gasteiger partial charge on any atom is -0.499 e. The molecule has 1 heterocycles. The van der Waals surface area contributed by atoms with Crippen molar-refractivity contribution in [2.75, 3.05) is 7.05 Å². The fourth-order valence-corrected chi connectivity index (χ4v) is 3.41. The average molecular weight is 288 g/mol. The Morgan fingerprint density at radius 3 is 2.80 bits per heavy atom. The molecule has 0 amide bonds. The van der Waals surface area contributed by atoms with Crippen LogP contribution >= 0.6 is 12.2 Å². The van der Waals surface area contributed by atoms with Crippen molar-refractivity contribution >= 4 is 28.2 Å². The third-order valence-corrected chi connectivity index (χ3v) is 4.77. The highest BCUT2D eigenvalue weighted by molar-refractivity contribution is 7.80. The lowest BCUT2D eigenvalue weighted by Crippen LogP contribution is -2.41. The number of hydrogen-bond donors (Lipinski definition) is 2. The second-order valence-corrected chi connectivity index (χ2v) is 6.34. The summed E-state index contributed by atoms with van der Waals surface area (Å²) >= 11 is 5.01. The maximum atomic E-state index is 9.79. The number of nitrogens with zero attached hydrogens (tertiary/aromatic N) is 1. The van der Waals surface area contributed by atoms with Crippen LogP contribution in [0.25, 0.3) is 10.9 Å². The molecule has 1 atom stereocenters. The first-order valence-electron chi connectivity index (χ1n) is 7.06. The minimum atomic E-state index is 0.00176. The summed E-state index contributed by atoms with van der Waals surface area (Å²) in [6.07, 6.45) is 4.08. The molecular formula is C16H20N2OS. The quantitative estimate of drug-likeness (QED) is 0.852. The van der Waals surface area contributed by atoms with Crippen LogP contribution in [-0.4, -0.2) is 39.2 Å². The van der Waals surface area contributed by atoms with Crippen molar-refractivity contribution in [3.8, 4) is 0 Å². The van der Waals surface area contributed by atoms with Gasteiger partial charge in [0, 0.05) is 34.7 Å². The van der Waals surface area contributed by atoms with Gasteiger partial charge in [-0.2, -0.15) is 0 Å². The van der Waals surface area contributed by atoms with Crippen LogP contribution in [0.1, 0.15) is 30.5 Å². The summed E-state index contributed by atoms with van der Waals surface area (Å²) in [6, 6.07) is 4.89. The molecule has 1 aliphatic rings. The van der Waals surface area contributed by atoms with E-state index in [0.29, 0.717) is 12.1 Å². The highest BCUT2D eigenvalue weighted by Gasteiger charge is 2.28. The minimum absolute atomic E-state index is 0.00176. The van der Waals surface area contributed by atoms with Crippen molar-refractivity contribution in [3.63, 3.8) is 0 Å². The molecule has 1 aromatic heterocycles. The Morgan fingerprint density at radius 2 is 2.15 bits per heavy atom. The molecule has 0 aliphatic heterocycles. The van der Waals surface area contributed by atoms with Crippen LogP contribution in [0.2, 0.25) is 0 Å². The van der Waals surface area contributed by atoms with E-state index in [9.17, 15) is 5.11 Å². The van der Waals surface area contributed by atoms with Crippen LogP contribution in [-0.2, 0) is 12.8 Å². The summed E-state index contributed by atoms with van der Waals surface area (Å²) in [4.78, 5) is 5.73. The van der Waals surface area contributed by atoms with E-state index < -0.39 is 0 Å². The zero-order valence-electron chi connectivity index (χ0n) is 12.1. The van der Waals surface area contributed by atoms with Gasteiger partial charge in [-0.1, -0.05) is 0 Å². The maximum absolute atomic E-state index is 9.79. The number of rotatable bonds is 3. The second kappa shape index (κ2) is 4.86. The van der Waals surface area contributed by atoms with E-state index in [0.717, 1.165) is 23.9 Å². The molecule has 20 heavy (non-hydrogen) atoms. The molecule has 106 valence electrons. The lowest BCUT2D eigenvalue weighted by molar-refractivity contribution is 0.191. The number of likely N-dealkylation sites (N-methyl/N-ethyl adjacent to an activating group) is 1. The van der Waals surface area contributed by atoms with Gasteiger partial charge in [-0.15, -0.1) is 0 Å². The lowest BCUT2D eigenvalue weighted by Gasteiger charge is -2.34.